The topological polar surface area (TPSA) is 48.6 Å². The van der Waals surface area contributed by atoms with Gasteiger partial charge in [0.1, 0.15) is 0 Å². The Morgan fingerprint density at radius 2 is 1.30 bits per heavy atom. The van der Waals surface area contributed by atoms with E-state index in [-0.39, 0.29) is 5.56 Å². The van der Waals surface area contributed by atoms with Gasteiger partial charge < -0.3 is 4.98 Å². The average molecular weight is 280 g/mol. The third kappa shape index (κ3) is 2.33. The van der Waals surface area contributed by atoms with Gasteiger partial charge in [-0.3, -0.25) is 9.78 Å². The van der Waals surface area contributed by atoms with Crippen LogP contribution in [0.5, 0.6) is 0 Å². The Morgan fingerprint density at radius 3 is 1.90 bits per heavy atom. The largest absolute Gasteiger partial charge is 0.331 e. The van der Waals surface area contributed by atoms with E-state index in [1.807, 2.05) is 60.7 Å². The number of nitrogens with one attached hydrogen (secondary N) is 2. The van der Waals surface area contributed by atoms with Crippen molar-refractivity contribution in [1.82, 2.24) is 9.97 Å². The molecular weight excluding hydrogens is 268 g/mol. The molecule has 0 fully saturated rings. The van der Waals surface area contributed by atoms with Gasteiger partial charge in [0, 0.05) is 0 Å². The normalized spacial score (nSPS) is 10.4. The molecule has 1 heterocycles. The minimum absolute atomic E-state index is 0.182. The van der Waals surface area contributed by atoms with Gasteiger partial charge in [0.05, 0.1) is 11.3 Å². The number of hydrogen-bond donors (Lipinski definition) is 2. The van der Waals surface area contributed by atoms with Crippen LogP contribution >= 0.6 is 12.2 Å². The summed E-state index contributed by atoms with van der Waals surface area (Å²) in [5, 5.41) is 0. The average Bonchev–Trinajstić information content (AvgIpc) is 2.48. The van der Waals surface area contributed by atoms with Crippen molar-refractivity contribution in [2.24, 2.45) is 0 Å². The van der Waals surface area contributed by atoms with Crippen LogP contribution in [0, 0.1) is 4.77 Å². The van der Waals surface area contributed by atoms with E-state index in [0.717, 1.165) is 16.8 Å². The smallest absolute Gasteiger partial charge is 0.260 e. The molecule has 20 heavy (non-hydrogen) atoms. The monoisotopic (exact) mass is 280 g/mol. The van der Waals surface area contributed by atoms with Gasteiger partial charge in [0.25, 0.3) is 5.56 Å². The van der Waals surface area contributed by atoms with Gasteiger partial charge in [0.15, 0.2) is 4.77 Å². The summed E-state index contributed by atoms with van der Waals surface area (Å²) in [5.41, 5.74) is 2.96. The molecule has 1 aromatic heterocycles. The van der Waals surface area contributed by atoms with Crippen LogP contribution in [0.3, 0.4) is 0 Å². The first-order chi connectivity index (χ1) is 9.75. The van der Waals surface area contributed by atoms with Crippen molar-refractivity contribution in [2.75, 3.05) is 0 Å². The molecule has 0 radical (unpaired) electrons. The van der Waals surface area contributed by atoms with E-state index < -0.39 is 0 Å². The molecule has 0 unspecified atom stereocenters. The Labute approximate surface area is 121 Å². The molecule has 2 N–H and O–H groups in total. The van der Waals surface area contributed by atoms with E-state index >= 15 is 0 Å². The van der Waals surface area contributed by atoms with E-state index in [9.17, 15) is 4.79 Å². The molecule has 0 spiro atoms. The van der Waals surface area contributed by atoms with E-state index in [2.05, 4.69) is 9.97 Å². The molecule has 3 rings (SSSR count). The fourth-order valence-corrected chi connectivity index (χ4v) is 2.38. The maximum absolute atomic E-state index is 12.3. The van der Waals surface area contributed by atoms with Gasteiger partial charge in [-0.15, -0.1) is 0 Å². The molecule has 0 saturated carbocycles. The minimum atomic E-state index is -0.182. The molecule has 98 valence electrons. The lowest BCUT2D eigenvalue weighted by molar-refractivity contribution is 1.10. The molecule has 0 aliphatic rings. The number of aromatic nitrogens is 2. The van der Waals surface area contributed by atoms with E-state index in [1.54, 1.807) is 0 Å². The Balaban J connectivity index is 2.35. The number of H-pyrrole nitrogens is 2. The maximum Gasteiger partial charge on any atom is 0.260 e. The third-order valence-electron chi connectivity index (χ3n) is 3.07. The fraction of sp³-hybridized carbons (Fsp3) is 0. The molecule has 0 bridgehead atoms. The van der Waals surface area contributed by atoms with Gasteiger partial charge >= 0.3 is 0 Å². The molecule has 0 aliphatic heterocycles. The molecule has 2 aromatic carbocycles. The van der Waals surface area contributed by atoms with Crippen LogP contribution in [0.2, 0.25) is 0 Å². The van der Waals surface area contributed by atoms with Gasteiger partial charge in [-0.2, -0.15) is 0 Å². The second kappa shape index (κ2) is 5.27. The lowest BCUT2D eigenvalue weighted by Gasteiger charge is -2.09. The maximum atomic E-state index is 12.3. The summed E-state index contributed by atoms with van der Waals surface area (Å²) in [6.07, 6.45) is 0. The first kappa shape index (κ1) is 12.6. The van der Waals surface area contributed by atoms with Gasteiger partial charge in [-0.1, -0.05) is 60.7 Å². The van der Waals surface area contributed by atoms with Crippen LogP contribution in [0.15, 0.2) is 65.5 Å². The van der Waals surface area contributed by atoms with Crippen LogP contribution in [-0.2, 0) is 0 Å². The summed E-state index contributed by atoms with van der Waals surface area (Å²) in [6.45, 7) is 0. The summed E-state index contributed by atoms with van der Waals surface area (Å²) in [7, 11) is 0. The van der Waals surface area contributed by atoms with Crippen LogP contribution in [-0.4, -0.2) is 9.97 Å². The molecule has 0 aliphatic carbocycles. The first-order valence-electron chi connectivity index (χ1n) is 6.23. The van der Waals surface area contributed by atoms with E-state index in [1.165, 1.54) is 0 Å². The van der Waals surface area contributed by atoms with Gasteiger partial charge in [0.2, 0.25) is 0 Å². The number of benzene rings is 2. The number of hydrogen-bond acceptors (Lipinski definition) is 2. The van der Waals surface area contributed by atoms with Crippen molar-refractivity contribution in [3.63, 3.8) is 0 Å². The summed E-state index contributed by atoms with van der Waals surface area (Å²) < 4.78 is 0.327. The molecule has 3 nitrogen and oxygen atoms in total. The Kier molecular flexibility index (Phi) is 3.31. The Morgan fingerprint density at radius 1 is 0.750 bits per heavy atom. The predicted molar refractivity (Wildman–Crippen MR) is 83.1 cm³/mol. The SMILES string of the molecule is O=c1[nH]c(=S)[nH]c(-c2ccccc2)c1-c1ccccc1. The van der Waals surface area contributed by atoms with Crippen LogP contribution in [0.1, 0.15) is 0 Å². The van der Waals surface area contributed by atoms with Crippen molar-refractivity contribution in [2.45, 2.75) is 0 Å². The lowest BCUT2D eigenvalue weighted by Crippen LogP contribution is -2.12. The molecule has 3 aromatic rings. The quantitative estimate of drug-likeness (QED) is 0.702. The molecule has 0 atom stereocenters. The summed E-state index contributed by atoms with van der Waals surface area (Å²) in [4.78, 5) is 18.0. The number of rotatable bonds is 2. The zero-order chi connectivity index (χ0) is 13.9. The Hall–Kier alpha value is -2.46. The van der Waals surface area contributed by atoms with Crippen molar-refractivity contribution in [1.29, 1.82) is 0 Å². The standard InChI is InChI=1S/C16H12N2OS/c19-15-13(11-7-3-1-4-8-11)14(17-16(20)18-15)12-9-5-2-6-10-12/h1-10H,(H2,17,18,19,20). The minimum Gasteiger partial charge on any atom is -0.331 e. The van der Waals surface area contributed by atoms with Crippen molar-refractivity contribution < 1.29 is 0 Å². The second-order valence-corrected chi connectivity index (χ2v) is 4.80. The van der Waals surface area contributed by atoms with Crippen LogP contribution in [0.25, 0.3) is 22.4 Å². The van der Waals surface area contributed by atoms with Crippen LogP contribution in [0.4, 0.5) is 0 Å². The molecule has 4 heteroatoms. The first-order valence-corrected chi connectivity index (χ1v) is 6.64. The van der Waals surface area contributed by atoms with Crippen LogP contribution < -0.4 is 5.56 Å². The third-order valence-corrected chi connectivity index (χ3v) is 3.27. The lowest BCUT2D eigenvalue weighted by atomic mass is 10.0. The van der Waals surface area contributed by atoms with Gasteiger partial charge in [-0.25, -0.2) is 0 Å². The molecular formula is C16H12N2OS. The molecule has 0 amide bonds. The summed E-state index contributed by atoms with van der Waals surface area (Å²) in [6, 6.07) is 19.3. The van der Waals surface area contributed by atoms with E-state index in [4.69, 9.17) is 12.2 Å². The summed E-state index contributed by atoms with van der Waals surface area (Å²) >= 11 is 5.09. The predicted octanol–water partition coefficient (Wildman–Crippen LogP) is 3.77. The van der Waals surface area contributed by atoms with Gasteiger partial charge in [-0.05, 0) is 23.3 Å². The van der Waals surface area contributed by atoms with Crippen molar-refractivity contribution >= 4 is 12.2 Å². The highest BCUT2D eigenvalue weighted by Gasteiger charge is 2.12. The Bertz CT molecular complexity index is 836. The fourth-order valence-electron chi connectivity index (χ4n) is 2.19. The van der Waals surface area contributed by atoms with E-state index in [0.29, 0.717) is 10.3 Å². The second-order valence-electron chi connectivity index (χ2n) is 4.39. The zero-order valence-corrected chi connectivity index (χ0v) is 11.4. The number of aromatic amines is 2. The van der Waals surface area contributed by atoms with Crippen molar-refractivity contribution in [3.05, 3.63) is 75.8 Å². The highest BCUT2D eigenvalue weighted by molar-refractivity contribution is 7.71. The zero-order valence-electron chi connectivity index (χ0n) is 10.6. The highest BCUT2D eigenvalue weighted by Crippen LogP contribution is 2.26. The molecule has 0 saturated heterocycles. The summed E-state index contributed by atoms with van der Waals surface area (Å²) in [5.74, 6) is 0. The highest BCUT2D eigenvalue weighted by atomic mass is 32.1. The van der Waals surface area contributed by atoms with Crippen molar-refractivity contribution in [3.8, 4) is 22.4 Å².